The molecule has 4 rings (SSSR count). The van der Waals surface area contributed by atoms with Gasteiger partial charge >= 0.3 is 0 Å². The maximum atomic E-state index is 14.4. The van der Waals surface area contributed by atoms with Crippen LogP contribution in [0.5, 0.6) is 0 Å². The molecule has 230 valence electrons. The highest BCUT2D eigenvalue weighted by Crippen LogP contribution is 2.27. The Balaban J connectivity index is 1.80. The van der Waals surface area contributed by atoms with Gasteiger partial charge in [0.15, 0.2) is 0 Å². The van der Waals surface area contributed by atoms with Crippen molar-refractivity contribution in [3.8, 4) is 0 Å². The summed E-state index contributed by atoms with van der Waals surface area (Å²) in [5.41, 5.74) is 2.63. The zero-order chi connectivity index (χ0) is 31.7. The number of carbonyl (C=O) groups is 2. The van der Waals surface area contributed by atoms with Crippen molar-refractivity contribution in [3.05, 3.63) is 130 Å². The lowest BCUT2D eigenvalue weighted by atomic mass is 10.0. The second kappa shape index (κ2) is 15.2. The highest BCUT2D eigenvalue weighted by molar-refractivity contribution is 7.92. The number of sulfonamides is 1. The number of amides is 2. The predicted molar refractivity (Wildman–Crippen MR) is 176 cm³/mol. The van der Waals surface area contributed by atoms with Crippen LogP contribution in [0.1, 0.15) is 30.0 Å². The van der Waals surface area contributed by atoms with Crippen molar-refractivity contribution in [1.82, 2.24) is 10.2 Å². The van der Waals surface area contributed by atoms with Gasteiger partial charge in [-0.05, 0) is 66.9 Å². The van der Waals surface area contributed by atoms with E-state index in [9.17, 15) is 18.0 Å². The fraction of sp³-hybridized carbons (Fsp3) is 0.235. The van der Waals surface area contributed by atoms with Crippen LogP contribution in [0, 0.1) is 6.92 Å². The molecular formula is C34H35Cl2N3O4S. The van der Waals surface area contributed by atoms with Crippen LogP contribution in [-0.2, 0) is 32.6 Å². The molecule has 0 spiro atoms. The normalized spacial score (nSPS) is 11.9. The molecule has 0 saturated carbocycles. The third-order valence-electron chi connectivity index (χ3n) is 7.12. The van der Waals surface area contributed by atoms with E-state index < -0.39 is 28.5 Å². The average molecular weight is 653 g/mol. The van der Waals surface area contributed by atoms with Crippen LogP contribution in [0.4, 0.5) is 5.69 Å². The number of rotatable bonds is 13. The summed E-state index contributed by atoms with van der Waals surface area (Å²) in [5, 5.41) is 3.78. The van der Waals surface area contributed by atoms with Crippen molar-refractivity contribution < 1.29 is 18.0 Å². The molecule has 0 aliphatic heterocycles. The number of aryl methyl sites for hydroxylation is 1. The summed E-state index contributed by atoms with van der Waals surface area (Å²) in [5.74, 6) is -0.904. The van der Waals surface area contributed by atoms with E-state index in [2.05, 4.69) is 5.32 Å². The Kier molecular flexibility index (Phi) is 11.4. The number of benzene rings is 4. The largest absolute Gasteiger partial charge is 0.354 e. The summed E-state index contributed by atoms with van der Waals surface area (Å²) in [6.07, 6.45) is 0.930. The number of nitrogens with zero attached hydrogens (tertiary/aromatic N) is 2. The van der Waals surface area contributed by atoms with E-state index in [0.717, 1.165) is 15.4 Å². The zero-order valence-corrected chi connectivity index (χ0v) is 26.9. The number of nitrogens with one attached hydrogen (secondary N) is 1. The highest BCUT2D eigenvalue weighted by Gasteiger charge is 2.34. The van der Waals surface area contributed by atoms with Gasteiger partial charge in [-0.2, -0.15) is 0 Å². The van der Waals surface area contributed by atoms with Crippen LogP contribution >= 0.6 is 23.2 Å². The maximum Gasteiger partial charge on any atom is 0.264 e. The fourth-order valence-corrected chi connectivity index (χ4v) is 6.44. The molecule has 4 aromatic rings. The minimum Gasteiger partial charge on any atom is -0.354 e. The molecule has 7 nitrogen and oxygen atoms in total. The van der Waals surface area contributed by atoms with E-state index >= 15 is 0 Å². The van der Waals surface area contributed by atoms with Crippen LogP contribution in [0.2, 0.25) is 10.0 Å². The summed E-state index contributed by atoms with van der Waals surface area (Å²) in [4.78, 5) is 29.6. The van der Waals surface area contributed by atoms with Gasteiger partial charge in [-0.1, -0.05) is 96.4 Å². The van der Waals surface area contributed by atoms with Crippen LogP contribution in [0.25, 0.3) is 0 Å². The first kappa shape index (κ1) is 33.1. The van der Waals surface area contributed by atoms with E-state index in [0.29, 0.717) is 28.6 Å². The molecule has 0 heterocycles. The Hall–Kier alpha value is -3.85. The number of hydrogen-bond donors (Lipinski definition) is 1. The smallest absolute Gasteiger partial charge is 0.264 e. The molecule has 0 fully saturated rings. The summed E-state index contributed by atoms with van der Waals surface area (Å²) in [7, 11) is -4.20. The van der Waals surface area contributed by atoms with E-state index in [4.69, 9.17) is 23.2 Å². The Labute approximate surface area is 269 Å². The molecule has 0 aromatic heterocycles. The van der Waals surface area contributed by atoms with Gasteiger partial charge in [0, 0.05) is 29.6 Å². The van der Waals surface area contributed by atoms with Gasteiger partial charge in [-0.3, -0.25) is 13.9 Å². The lowest BCUT2D eigenvalue weighted by molar-refractivity contribution is -0.140. The van der Waals surface area contributed by atoms with Gasteiger partial charge in [0.2, 0.25) is 11.8 Å². The van der Waals surface area contributed by atoms with Crippen LogP contribution in [0.15, 0.2) is 108 Å². The predicted octanol–water partition coefficient (Wildman–Crippen LogP) is 6.66. The topological polar surface area (TPSA) is 86.8 Å². The Bertz CT molecular complexity index is 1670. The molecule has 0 radical (unpaired) electrons. The van der Waals surface area contributed by atoms with Crippen molar-refractivity contribution in [1.29, 1.82) is 0 Å². The number of carbonyl (C=O) groups excluding carboxylic acids is 2. The van der Waals surface area contributed by atoms with Gasteiger partial charge in [0.05, 0.1) is 10.6 Å². The molecule has 1 atom stereocenters. The van der Waals surface area contributed by atoms with E-state index in [1.54, 1.807) is 60.7 Å². The van der Waals surface area contributed by atoms with Crippen LogP contribution < -0.4 is 9.62 Å². The van der Waals surface area contributed by atoms with Crippen molar-refractivity contribution in [2.24, 2.45) is 0 Å². The number of anilines is 1. The van der Waals surface area contributed by atoms with Crippen molar-refractivity contribution >= 4 is 50.7 Å². The third kappa shape index (κ3) is 8.40. The number of halogens is 2. The summed E-state index contributed by atoms with van der Waals surface area (Å²) in [6, 6.07) is 28.2. The lowest BCUT2D eigenvalue weighted by Crippen LogP contribution is -2.53. The minimum atomic E-state index is -4.20. The zero-order valence-electron chi connectivity index (χ0n) is 24.6. The standard InChI is InChI=1S/C34H35Cl2N3O4S/c1-3-21-37-34(41)32(22-26-9-5-4-6-10-26)38(23-27-11-7-8-12-31(27)36)33(40)24-39(29-17-15-28(35)16-18-29)44(42,43)30-19-13-25(2)14-20-30/h4-20,32H,3,21-24H2,1-2H3,(H,37,41)/t32-/m1/s1. The molecule has 0 aliphatic carbocycles. The number of hydrogen-bond acceptors (Lipinski definition) is 4. The van der Waals surface area contributed by atoms with Gasteiger partial charge in [-0.25, -0.2) is 8.42 Å². The Morgan fingerprint density at radius 1 is 0.841 bits per heavy atom. The van der Waals surface area contributed by atoms with Crippen LogP contribution in [0.3, 0.4) is 0 Å². The minimum absolute atomic E-state index is 0.00537. The monoisotopic (exact) mass is 651 g/mol. The molecule has 2 amide bonds. The average Bonchev–Trinajstić information content (AvgIpc) is 3.02. The molecule has 0 unspecified atom stereocenters. The summed E-state index contributed by atoms with van der Waals surface area (Å²) >= 11 is 12.6. The van der Waals surface area contributed by atoms with E-state index in [1.807, 2.05) is 44.2 Å². The Morgan fingerprint density at radius 2 is 1.48 bits per heavy atom. The van der Waals surface area contributed by atoms with Gasteiger partial charge in [0.1, 0.15) is 12.6 Å². The first-order chi connectivity index (χ1) is 21.1. The second-order valence-corrected chi connectivity index (χ2v) is 13.1. The SMILES string of the molecule is CCCNC(=O)[C@@H](Cc1ccccc1)N(Cc1ccccc1Cl)C(=O)CN(c1ccc(Cl)cc1)S(=O)(=O)c1ccc(C)cc1. The summed E-state index contributed by atoms with van der Waals surface area (Å²) in [6.45, 7) is 3.67. The molecule has 0 bridgehead atoms. The molecule has 1 N–H and O–H groups in total. The molecular weight excluding hydrogens is 617 g/mol. The summed E-state index contributed by atoms with van der Waals surface area (Å²) < 4.78 is 29.2. The Morgan fingerprint density at radius 3 is 2.11 bits per heavy atom. The van der Waals surface area contributed by atoms with Gasteiger partial charge < -0.3 is 10.2 Å². The van der Waals surface area contributed by atoms with Crippen molar-refractivity contribution in [2.45, 2.75) is 44.2 Å². The quantitative estimate of drug-likeness (QED) is 0.175. The first-order valence-corrected chi connectivity index (χ1v) is 16.5. The maximum absolute atomic E-state index is 14.4. The van der Waals surface area contributed by atoms with E-state index in [-0.39, 0.29) is 29.5 Å². The molecule has 44 heavy (non-hydrogen) atoms. The molecule has 10 heteroatoms. The third-order valence-corrected chi connectivity index (χ3v) is 9.53. The fourth-order valence-electron chi connectivity index (χ4n) is 4.70. The van der Waals surface area contributed by atoms with Gasteiger partial charge in [-0.15, -0.1) is 0 Å². The molecule has 0 aliphatic rings. The molecule has 0 saturated heterocycles. The van der Waals surface area contributed by atoms with Crippen LogP contribution in [-0.4, -0.2) is 44.3 Å². The second-order valence-electron chi connectivity index (χ2n) is 10.4. The van der Waals surface area contributed by atoms with Crippen molar-refractivity contribution in [2.75, 3.05) is 17.4 Å². The highest BCUT2D eigenvalue weighted by atomic mass is 35.5. The first-order valence-electron chi connectivity index (χ1n) is 14.3. The lowest BCUT2D eigenvalue weighted by Gasteiger charge is -2.34. The van der Waals surface area contributed by atoms with E-state index in [1.165, 1.54) is 17.0 Å². The molecule has 4 aromatic carbocycles. The van der Waals surface area contributed by atoms with Crippen molar-refractivity contribution in [3.63, 3.8) is 0 Å². The van der Waals surface area contributed by atoms with Gasteiger partial charge in [0.25, 0.3) is 10.0 Å².